The summed E-state index contributed by atoms with van der Waals surface area (Å²) in [5.41, 5.74) is 0. The highest BCUT2D eigenvalue weighted by molar-refractivity contribution is 5.88. The highest BCUT2D eigenvalue weighted by atomic mass is 16.6. The minimum Gasteiger partial charge on any atom is -0.481 e. The molecule has 1 aliphatic rings. The Kier molecular flexibility index (Phi) is 43.4. The van der Waals surface area contributed by atoms with Gasteiger partial charge >= 0.3 is 47.8 Å². The van der Waals surface area contributed by atoms with Gasteiger partial charge in [0.1, 0.15) is 32.5 Å². The number of unbranched alkanes of at least 4 members (excludes halogenated alkanes) is 16. The maximum absolute atomic E-state index is 12.2. The molecule has 1 atom stereocenters. The molecular formula is C50H88O16. The van der Waals surface area contributed by atoms with Gasteiger partial charge in [-0.1, -0.05) is 144 Å². The first-order valence-electron chi connectivity index (χ1n) is 25.0. The van der Waals surface area contributed by atoms with Crippen molar-refractivity contribution in [2.45, 2.75) is 234 Å². The molecule has 0 aromatic rings. The normalized spacial score (nSPS) is 12.8. The van der Waals surface area contributed by atoms with E-state index in [4.69, 9.17) is 28.8 Å². The first-order chi connectivity index (χ1) is 31.6. The molecule has 16 nitrogen and oxygen atoms in total. The number of aliphatic carboxylic acids is 1. The summed E-state index contributed by atoms with van der Waals surface area (Å²) in [6.07, 6.45) is 20.8. The minimum absolute atomic E-state index is 0.0838. The van der Waals surface area contributed by atoms with E-state index < -0.39 is 42.0 Å². The molecule has 66 heavy (non-hydrogen) atoms. The van der Waals surface area contributed by atoms with Gasteiger partial charge in [0, 0.05) is 51.4 Å². The van der Waals surface area contributed by atoms with Crippen LogP contribution < -0.4 is 0 Å². The zero-order chi connectivity index (χ0) is 49.8. The number of cyclic esters (lactones) is 2. The molecule has 1 heterocycles. The Balaban J connectivity index is 0. The van der Waals surface area contributed by atoms with E-state index in [1.807, 2.05) is 6.92 Å². The number of carboxylic acids is 1. The van der Waals surface area contributed by atoms with E-state index in [-0.39, 0.29) is 81.9 Å². The maximum Gasteiger partial charge on any atom is 0.313 e. The molecule has 0 amide bonds. The van der Waals surface area contributed by atoms with Crippen LogP contribution >= 0.6 is 0 Å². The predicted octanol–water partition coefficient (Wildman–Crippen LogP) is 9.85. The van der Waals surface area contributed by atoms with Gasteiger partial charge in [-0.05, 0) is 37.5 Å². The van der Waals surface area contributed by atoms with Crippen LogP contribution in [0, 0.1) is 11.8 Å². The third kappa shape index (κ3) is 45.1. The van der Waals surface area contributed by atoms with Crippen molar-refractivity contribution < 1.29 is 77.0 Å². The molecule has 1 aliphatic heterocycles. The zero-order valence-electron chi connectivity index (χ0n) is 41.5. The summed E-state index contributed by atoms with van der Waals surface area (Å²) in [5.74, 6) is -3.97. The minimum atomic E-state index is -0.993. The van der Waals surface area contributed by atoms with Gasteiger partial charge in [-0.15, -0.1) is 0 Å². The Bertz CT molecular complexity index is 1240. The molecular weight excluding hydrogens is 857 g/mol. The topological polar surface area (TPSA) is 232 Å². The summed E-state index contributed by atoms with van der Waals surface area (Å²) in [6.45, 7) is 11.4. The highest BCUT2D eigenvalue weighted by Gasteiger charge is 2.24. The predicted molar refractivity (Wildman–Crippen MR) is 249 cm³/mol. The molecule has 1 unspecified atom stereocenters. The van der Waals surface area contributed by atoms with Gasteiger partial charge in [0.25, 0.3) is 0 Å². The lowest BCUT2D eigenvalue weighted by Crippen LogP contribution is -2.31. The van der Waals surface area contributed by atoms with Gasteiger partial charge in [0.05, 0.1) is 0 Å². The smallest absolute Gasteiger partial charge is 0.313 e. The monoisotopic (exact) mass is 945 g/mol. The van der Waals surface area contributed by atoms with E-state index in [1.165, 1.54) is 25.7 Å². The van der Waals surface area contributed by atoms with Crippen molar-refractivity contribution in [3.8, 4) is 0 Å². The van der Waals surface area contributed by atoms with Crippen LogP contribution in [-0.2, 0) is 66.8 Å². The van der Waals surface area contributed by atoms with Crippen LogP contribution in [0.25, 0.3) is 0 Å². The second-order valence-corrected chi connectivity index (χ2v) is 17.4. The van der Waals surface area contributed by atoms with E-state index in [1.54, 1.807) is 6.92 Å². The van der Waals surface area contributed by atoms with Crippen LogP contribution in [0.15, 0.2) is 0 Å². The Morgan fingerprint density at radius 3 is 1.14 bits per heavy atom. The fraction of sp³-hybridized carbons (Fsp3) is 0.840. The quantitative estimate of drug-likeness (QED) is 0.0255. The third-order valence-electron chi connectivity index (χ3n) is 10.3. The number of hydrogen-bond donors (Lipinski definition) is 2. The van der Waals surface area contributed by atoms with Gasteiger partial charge in [-0.25, -0.2) is 0 Å². The van der Waals surface area contributed by atoms with E-state index in [0.29, 0.717) is 25.7 Å². The number of carbonyl (C=O) groups excluding carboxylic acids is 7. The second-order valence-electron chi connectivity index (χ2n) is 17.4. The lowest BCUT2D eigenvalue weighted by Gasteiger charge is -2.19. The summed E-state index contributed by atoms with van der Waals surface area (Å²) in [5, 5.41) is 18.5. The standard InChI is InChI=1S/C25H44O8.C19H36O5.C6H8O3/c1-4-6-8-10-12-14-23(28)31-18-21(33-25(30)17-20(3)16-22(26)27)19-32-24(29)15-13-11-9-7-5-2;1-3-5-7-9-11-13-18(21)23-15-17(20)16-24-19(22)14-12-10-8-6-4-2;1-4-2-5(7)9-6(8)3-4/h20-21H,4-19H2,1-3H3,(H,26,27);17,20H,3-16H2,1-2H3;4H,2-3H2,1H3. The molecule has 0 bridgehead atoms. The average molecular weight is 945 g/mol. The van der Waals surface area contributed by atoms with Crippen molar-refractivity contribution in [2.75, 3.05) is 26.4 Å². The Hall–Kier alpha value is -4.08. The number of rotatable bonds is 37. The molecule has 0 aromatic heterocycles. The van der Waals surface area contributed by atoms with Crippen molar-refractivity contribution in [1.82, 2.24) is 0 Å². The largest absolute Gasteiger partial charge is 0.481 e. The van der Waals surface area contributed by atoms with Crippen molar-refractivity contribution in [3.05, 3.63) is 0 Å². The molecule has 2 N–H and O–H groups in total. The second kappa shape index (κ2) is 44.7. The molecule has 1 fully saturated rings. The van der Waals surface area contributed by atoms with Crippen molar-refractivity contribution in [3.63, 3.8) is 0 Å². The van der Waals surface area contributed by atoms with Crippen molar-refractivity contribution in [1.29, 1.82) is 0 Å². The molecule has 1 saturated heterocycles. The third-order valence-corrected chi connectivity index (χ3v) is 10.3. The molecule has 0 spiro atoms. The van der Waals surface area contributed by atoms with E-state index in [9.17, 15) is 43.5 Å². The van der Waals surface area contributed by atoms with Crippen LogP contribution in [0.4, 0.5) is 0 Å². The highest BCUT2D eigenvalue weighted by Crippen LogP contribution is 2.16. The number of aliphatic hydroxyl groups excluding tert-OH is 1. The Morgan fingerprint density at radius 1 is 0.515 bits per heavy atom. The Morgan fingerprint density at radius 2 is 0.833 bits per heavy atom. The van der Waals surface area contributed by atoms with Gasteiger partial charge < -0.3 is 38.6 Å². The molecule has 1 rings (SSSR count). The van der Waals surface area contributed by atoms with Crippen LogP contribution in [-0.4, -0.2) is 96.6 Å². The number of hydrogen-bond acceptors (Lipinski definition) is 15. The van der Waals surface area contributed by atoms with Gasteiger partial charge in [0.15, 0.2) is 6.10 Å². The fourth-order valence-corrected chi connectivity index (χ4v) is 6.43. The van der Waals surface area contributed by atoms with E-state index in [0.717, 1.165) is 103 Å². The lowest BCUT2D eigenvalue weighted by molar-refractivity contribution is -0.167. The lowest BCUT2D eigenvalue weighted by atomic mass is 10.0. The van der Waals surface area contributed by atoms with E-state index >= 15 is 0 Å². The summed E-state index contributed by atoms with van der Waals surface area (Å²) in [4.78, 5) is 90.9. The zero-order valence-corrected chi connectivity index (χ0v) is 41.5. The number of carboxylic acid groups (broad SMARTS) is 1. The van der Waals surface area contributed by atoms with Crippen LogP contribution in [0.2, 0.25) is 0 Å². The molecule has 0 aliphatic carbocycles. The SMILES string of the molecule is CC1CC(=O)OC(=O)C1.CCCCCCCC(=O)OCC(COC(=O)CCCCCCC)OC(=O)CC(C)CC(=O)O.CCCCCCCC(=O)OCC(O)COC(=O)CCCCCCC. The summed E-state index contributed by atoms with van der Waals surface area (Å²) >= 11 is 0. The average Bonchev–Trinajstić information content (AvgIpc) is 3.25. The molecule has 0 saturated carbocycles. The molecule has 0 radical (unpaired) electrons. The van der Waals surface area contributed by atoms with Gasteiger partial charge in [-0.2, -0.15) is 0 Å². The molecule has 16 heteroatoms. The van der Waals surface area contributed by atoms with Gasteiger partial charge in [0.2, 0.25) is 0 Å². The van der Waals surface area contributed by atoms with Crippen LogP contribution in [0.5, 0.6) is 0 Å². The number of carbonyl (C=O) groups is 8. The van der Waals surface area contributed by atoms with E-state index in [2.05, 4.69) is 32.4 Å². The number of aliphatic hydroxyl groups is 1. The summed E-state index contributed by atoms with van der Waals surface area (Å²) < 4.78 is 30.1. The number of ether oxygens (including phenoxy) is 6. The molecule has 384 valence electrons. The summed E-state index contributed by atoms with van der Waals surface area (Å²) in [7, 11) is 0. The number of esters is 7. The first-order valence-corrected chi connectivity index (χ1v) is 25.0. The Labute approximate surface area is 395 Å². The fourth-order valence-electron chi connectivity index (χ4n) is 6.43. The van der Waals surface area contributed by atoms with Gasteiger partial charge in [-0.3, -0.25) is 38.4 Å². The van der Waals surface area contributed by atoms with Crippen molar-refractivity contribution in [2.24, 2.45) is 11.8 Å². The maximum atomic E-state index is 12.2. The van der Waals surface area contributed by atoms with Crippen LogP contribution in [0.1, 0.15) is 221 Å². The summed E-state index contributed by atoms with van der Waals surface area (Å²) in [6, 6.07) is 0. The molecule has 0 aromatic carbocycles. The first kappa shape index (κ1) is 64.0. The van der Waals surface area contributed by atoms with Crippen LogP contribution in [0.3, 0.4) is 0 Å². The van der Waals surface area contributed by atoms with Crippen molar-refractivity contribution >= 4 is 47.8 Å².